The van der Waals surface area contributed by atoms with Crippen LogP contribution in [0.4, 0.5) is 0 Å². The molecule has 0 unspecified atom stereocenters. The van der Waals surface area contributed by atoms with Crippen molar-refractivity contribution in [2.45, 2.75) is 0 Å². The van der Waals surface area contributed by atoms with Crippen LogP contribution in [0.15, 0.2) is 18.2 Å². The molecule has 2 heterocycles. The minimum Gasteiger partial charge on any atom is -0.502 e. The van der Waals surface area contributed by atoms with Gasteiger partial charge in [-0.25, -0.2) is 0 Å². The Hall–Kier alpha value is -2.78. The van der Waals surface area contributed by atoms with Gasteiger partial charge in [0.15, 0.2) is 11.5 Å². The maximum atomic E-state index is 12.5. The number of morpholine rings is 1. The van der Waals surface area contributed by atoms with Crippen LogP contribution in [0.3, 0.4) is 0 Å². The van der Waals surface area contributed by atoms with Crippen LogP contribution < -0.4 is 9.47 Å². The van der Waals surface area contributed by atoms with Gasteiger partial charge < -0.3 is 29.1 Å². The van der Waals surface area contributed by atoms with Crippen LogP contribution in [0.1, 0.15) is 5.56 Å². The van der Waals surface area contributed by atoms with Crippen molar-refractivity contribution in [3.05, 3.63) is 23.8 Å². The summed E-state index contributed by atoms with van der Waals surface area (Å²) in [6.45, 7) is 5.34. The lowest BCUT2D eigenvalue weighted by Gasteiger charge is -2.35. The lowest BCUT2D eigenvalue weighted by atomic mass is 10.1. The summed E-state index contributed by atoms with van der Waals surface area (Å²) in [7, 11) is 2.91. The van der Waals surface area contributed by atoms with Crippen molar-refractivity contribution in [1.29, 1.82) is 0 Å². The van der Waals surface area contributed by atoms with E-state index in [1.165, 1.54) is 20.3 Å². The molecule has 0 saturated carbocycles. The molecule has 0 radical (unpaired) electrons. The predicted octanol–water partition coefficient (Wildman–Crippen LogP) is 0.426. The van der Waals surface area contributed by atoms with E-state index in [9.17, 15) is 14.7 Å². The third kappa shape index (κ3) is 5.43. The van der Waals surface area contributed by atoms with Crippen molar-refractivity contribution in [3.8, 4) is 17.2 Å². The first-order valence-electron chi connectivity index (χ1n) is 10.0. The smallest absolute Gasteiger partial charge is 0.246 e. The molecule has 2 aliphatic heterocycles. The minimum atomic E-state index is -0.0971. The van der Waals surface area contributed by atoms with Crippen LogP contribution >= 0.6 is 0 Å². The molecule has 3 rings (SSSR count). The van der Waals surface area contributed by atoms with Gasteiger partial charge in [0.05, 0.1) is 34.0 Å². The number of hydrogen-bond donors (Lipinski definition) is 1. The number of phenols is 1. The molecule has 0 bridgehead atoms. The first-order chi connectivity index (χ1) is 14.5. The van der Waals surface area contributed by atoms with E-state index >= 15 is 0 Å². The summed E-state index contributed by atoms with van der Waals surface area (Å²) in [5.74, 6) is 0.500. The first-order valence-corrected chi connectivity index (χ1v) is 10.0. The fourth-order valence-corrected chi connectivity index (χ4v) is 3.51. The number of phenolic OH excluding ortho intramolecular Hbond substituents is 1. The number of carbonyl (C=O) groups is 2. The van der Waals surface area contributed by atoms with E-state index < -0.39 is 0 Å². The van der Waals surface area contributed by atoms with Crippen molar-refractivity contribution in [2.75, 3.05) is 73.2 Å². The summed E-state index contributed by atoms with van der Waals surface area (Å²) in [5.41, 5.74) is 0.685. The maximum Gasteiger partial charge on any atom is 0.246 e. The summed E-state index contributed by atoms with van der Waals surface area (Å²) in [6.07, 6.45) is 3.17. The predicted molar refractivity (Wildman–Crippen MR) is 111 cm³/mol. The molecule has 0 spiro atoms. The second-order valence-electron chi connectivity index (χ2n) is 7.20. The van der Waals surface area contributed by atoms with Gasteiger partial charge in [-0.05, 0) is 23.8 Å². The van der Waals surface area contributed by atoms with Gasteiger partial charge in [-0.2, -0.15) is 0 Å². The minimum absolute atomic E-state index is 0.0776. The number of ether oxygens (including phenoxy) is 3. The van der Waals surface area contributed by atoms with Crippen LogP contribution in [0.2, 0.25) is 0 Å². The normalized spacial score (nSPS) is 17.9. The molecule has 9 nitrogen and oxygen atoms in total. The number of nitrogens with zero attached hydrogens (tertiary/aromatic N) is 3. The third-order valence-electron chi connectivity index (χ3n) is 5.33. The molecule has 2 amide bonds. The highest BCUT2D eigenvalue weighted by Gasteiger charge is 2.24. The van der Waals surface area contributed by atoms with Gasteiger partial charge in [0.25, 0.3) is 0 Å². The number of aromatic hydroxyl groups is 1. The van der Waals surface area contributed by atoms with E-state index in [2.05, 4.69) is 4.90 Å². The van der Waals surface area contributed by atoms with Crippen LogP contribution in [0.25, 0.3) is 6.08 Å². The molecule has 30 heavy (non-hydrogen) atoms. The molecule has 9 heteroatoms. The number of rotatable bonds is 6. The van der Waals surface area contributed by atoms with E-state index in [0.29, 0.717) is 64.6 Å². The third-order valence-corrected chi connectivity index (χ3v) is 5.33. The highest BCUT2D eigenvalue weighted by Crippen LogP contribution is 2.37. The zero-order chi connectivity index (χ0) is 21.5. The second-order valence-corrected chi connectivity index (χ2v) is 7.20. The highest BCUT2D eigenvalue weighted by molar-refractivity contribution is 5.92. The molecular formula is C21H29N3O6. The fourth-order valence-electron chi connectivity index (χ4n) is 3.51. The Morgan fingerprint density at radius 1 is 1.00 bits per heavy atom. The number of methoxy groups -OCH3 is 2. The second kappa shape index (κ2) is 10.3. The van der Waals surface area contributed by atoms with Gasteiger partial charge in [-0.3, -0.25) is 14.5 Å². The summed E-state index contributed by atoms with van der Waals surface area (Å²) in [5, 5.41) is 9.98. The van der Waals surface area contributed by atoms with E-state index in [0.717, 1.165) is 0 Å². The zero-order valence-electron chi connectivity index (χ0n) is 17.5. The van der Waals surface area contributed by atoms with E-state index in [4.69, 9.17) is 14.2 Å². The van der Waals surface area contributed by atoms with Crippen LogP contribution in [0.5, 0.6) is 17.2 Å². The molecule has 0 atom stereocenters. The van der Waals surface area contributed by atoms with Gasteiger partial charge in [-0.15, -0.1) is 0 Å². The largest absolute Gasteiger partial charge is 0.502 e. The molecule has 2 aliphatic rings. The monoisotopic (exact) mass is 419 g/mol. The van der Waals surface area contributed by atoms with Crippen molar-refractivity contribution in [3.63, 3.8) is 0 Å². The van der Waals surface area contributed by atoms with E-state index in [1.807, 2.05) is 4.90 Å². The molecule has 1 aromatic rings. The van der Waals surface area contributed by atoms with Gasteiger partial charge in [0.1, 0.15) is 0 Å². The molecule has 2 saturated heterocycles. The Bertz CT molecular complexity index is 758. The number of carbonyl (C=O) groups excluding carboxylic acids is 2. The Morgan fingerprint density at radius 2 is 1.60 bits per heavy atom. The SMILES string of the molecule is COc1cc(/C=C/C(=O)N2CCN(CC(=O)N3CCOCC3)CC2)cc(OC)c1O. The number of piperazine rings is 1. The first kappa shape index (κ1) is 21.9. The number of benzene rings is 1. The lowest BCUT2D eigenvalue weighted by Crippen LogP contribution is -2.52. The molecule has 0 aliphatic carbocycles. The molecule has 0 aromatic heterocycles. The van der Waals surface area contributed by atoms with Crippen LogP contribution in [-0.4, -0.2) is 105 Å². The molecular weight excluding hydrogens is 390 g/mol. The Balaban J connectivity index is 1.51. The Kier molecular flexibility index (Phi) is 7.53. The average molecular weight is 419 g/mol. The average Bonchev–Trinajstić information content (AvgIpc) is 2.79. The van der Waals surface area contributed by atoms with Crippen LogP contribution in [-0.2, 0) is 14.3 Å². The Labute approximate surface area is 176 Å². The van der Waals surface area contributed by atoms with E-state index in [-0.39, 0.29) is 29.1 Å². The quantitative estimate of drug-likeness (QED) is 0.669. The summed E-state index contributed by atoms with van der Waals surface area (Å²) >= 11 is 0. The van der Waals surface area contributed by atoms with E-state index in [1.54, 1.807) is 23.1 Å². The maximum absolute atomic E-state index is 12.5. The standard InChI is InChI=1S/C21H29N3O6/c1-28-17-13-16(14-18(29-2)21(17)27)3-4-19(25)23-7-5-22(6-8-23)15-20(26)24-9-11-30-12-10-24/h3-4,13-14,27H,5-12,15H2,1-2H3/b4-3+. The van der Waals surface area contributed by atoms with Crippen molar-refractivity contribution >= 4 is 17.9 Å². The highest BCUT2D eigenvalue weighted by atomic mass is 16.5. The van der Waals surface area contributed by atoms with Gasteiger partial charge in [0, 0.05) is 45.3 Å². The van der Waals surface area contributed by atoms with Crippen molar-refractivity contribution < 1.29 is 28.9 Å². The zero-order valence-corrected chi connectivity index (χ0v) is 17.5. The van der Waals surface area contributed by atoms with Gasteiger partial charge in [0.2, 0.25) is 17.6 Å². The molecule has 1 N–H and O–H groups in total. The van der Waals surface area contributed by atoms with Crippen molar-refractivity contribution in [2.24, 2.45) is 0 Å². The molecule has 1 aromatic carbocycles. The van der Waals surface area contributed by atoms with Crippen molar-refractivity contribution in [1.82, 2.24) is 14.7 Å². The molecule has 2 fully saturated rings. The van der Waals surface area contributed by atoms with Gasteiger partial charge in [-0.1, -0.05) is 0 Å². The number of hydrogen-bond acceptors (Lipinski definition) is 7. The molecule has 164 valence electrons. The van der Waals surface area contributed by atoms with Crippen LogP contribution in [0, 0.1) is 0 Å². The van der Waals surface area contributed by atoms with Gasteiger partial charge >= 0.3 is 0 Å². The summed E-state index contributed by atoms with van der Waals surface area (Å²) < 4.78 is 15.6. The number of amides is 2. The summed E-state index contributed by atoms with van der Waals surface area (Å²) in [4.78, 5) is 30.6. The Morgan fingerprint density at radius 3 is 2.17 bits per heavy atom. The topological polar surface area (TPSA) is 91.8 Å². The summed E-state index contributed by atoms with van der Waals surface area (Å²) in [6, 6.07) is 3.27. The fraction of sp³-hybridized carbons (Fsp3) is 0.524. The lowest BCUT2D eigenvalue weighted by molar-refractivity contribution is -0.137.